The van der Waals surface area contributed by atoms with E-state index < -0.39 is 5.97 Å². The molecule has 0 unspecified atom stereocenters. The number of carboxylic acids is 1. The Morgan fingerprint density at radius 2 is 1.88 bits per heavy atom. The maximum atomic E-state index is 10.3. The van der Waals surface area contributed by atoms with E-state index >= 15 is 0 Å². The predicted molar refractivity (Wildman–Crippen MR) is 70.1 cm³/mol. The third-order valence-corrected chi connectivity index (χ3v) is 3.81. The Balaban J connectivity index is 1.85. The largest absolute Gasteiger partial charge is 0.481 e. The number of hydrogen-bond acceptors (Lipinski definition) is 2. The molecule has 0 aromatic carbocycles. The van der Waals surface area contributed by atoms with E-state index in [1.54, 1.807) is 0 Å². The summed E-state index contributed by atoms with van der Waals surface area (Å²) >= 11 is 0. The van der Waals surface area contributed by atoms with Crippen molar-refractivity contribution in [1.29, 1.82) is 0 Å². The van der Waals surface area contributed by atoms with Crippen molar-refractivity contribution in [2.75, 3.05) is 13.1 Å². The highest BCUT2D eigenvalue weighted by molar-refractivity contribution is 5.66. The summed E-state index contributed by atoms with van der Waals surface area (Å²) in [6, 6.07) is 0. The Morgan fingerprint density at radius 3 is 2.53 bits per heavy atom. The van der Waals surface area contributed by atoms with Gasteiger partial charge in [0.15, 0.2) is 0 Å². The van der Waals surface area contributed by atoms with E-state index in [0.29, 0.717) is 6.42 Å². The molecule has 17 heavy (non-hydrogen) atoms. The summed E-state index contributed by atoms with van der Waals surface area (Å²) in [4.78, 5) is 10.3. The average molecular weight is 241 g/mol. The van der Waals surface area contributed by atoms with Crippen molar-refractivity contribution in [3.63, 3.8) is 0 Å². The van der Waals surface area contributed by atoms with Crippen molar-refractivity contribution in [3.05, 3.63) is 0 Å². The van der Waals surface area contributed by atoms with Crippen LogP contribution in [-0.2, 0) is 4.79 Å². The Kier molecular flexibility index (Phi) is 7.25. The van der Waals surface area contributed by atoms with Crippen molar-refractivity contribution in [3.8, 4) is 0 Å². The summed E-state index contributed by atoms with van der Waals surface area (Å²) in [5.41, 5.74) is 0. The molecule has 0 aliphatic heterocycles. The van der Waals surface area contributed by atoms with Crippen LogP contribution in [0.1, 0.15) is 58.3 Å². The Morgan fingerprint density at radius 1 is 1.18 bits per heavy atom. The highest BCUT2D eigenvalue weighted by Gasteiger charge is 2.17. The first-order chi connectivity index (χ1) is 8.18. The molecule has 2 N–H and O–H groups in total. The summed E-state index contributed by atoms with van der Waals surface area (Å²) in [5.74, 6) is 1.14. The SMILES string of the molecule is CC1CCC(CNCCCCCC(=O)O)CC1. The van der Waals surface area contributed by atoms with Gasteiger partial charge in [0.25, 0.3) is 0 Å². The first-order valence-corrected chi connectivity index (χ1v) is 7.11. The van der Waals surface area contributed by atoms with Crippen LogP contribution < -0.4 is 5.32 Å². The van der Waals surface area contributed by atoms with E-state index in [1.807, 2.05) is 0 Å². The van der Waals surface area contributed by atoms with E-state index in [0.717, 1.165) is 44.2 Å². The minimum Gasteiger partial charge on any atom is -0.481 e. The summed E-state index contributed by atoms with van der Waals surface area (Å²) in [6.45, 7) is 4.56. The first kappa shape index (κ1) is 14.5. The van der Waals surface area contributed by atoms with Gasteiger partial charge in [0.05, 0.1) is 0 Å². The molecule has 0 bridgehead atoms. The van der Waals surface area contributed by atoms with Crippen molar-refractivity contribution < 1.29 is 9.90 Å². The van der Waals surface area contributed by atoms with E-state index in [1.165, 1.54) is 25.7 Å². The zero-order valence-corrected chi connectivity index (χ0v) is 11.1. The fourth-order valence-electron chi connectivity index (χ4n) is 2.54. The molecule has 0 spiro atoms. The molecule has 1 fully saturated rings. The predicted octanol–water partition coefficient (Wildman–Crippen LogP) is 3.05. The van der Waals surface area contributed by atoms with E-state index in [9.17, 15) is 4.79 Å². The lowest BCUT2D eigenvalue weighted by Crippen LogP contribution is -2.26. The van der Waals surface area contributed by atoms with Crippen molar-refractivity contribution in [2.24, 2.45) is 11.8 Å². The maximum absolute atomic E-state index is 10.3. The number of unbranched alkanes of at least 4 members (excludes halogenated alkanes) is 2. The molecule has 3 nitrogen and oxygen atoms in total. The van der Waals surface area contributed by atoms with E-state index in [2.05, 4.69) is 12.2 Å². The molecule has 1 aliphatic carbocycles. The number of carbonyl (C=O) groups is 1. The molecule has 1 saturated carbocycles. The second kappa shape index (κ2) is 8.51. The fraction of sp³-hybridized carbons (Fsp3) is 0.929. The number of carboxylic acid groups (broad SMARTS) is 1. The molecule has 0 aromatic heterocycles. The van der Waals surface area contributed by atoms with Crippen molar-refractivity contribution in [2.45, 2.75) is 58.3 Å². The number of hydrogen-bond donors (Lipinski definition) is 2. The summed E-state index contributed by atoms with van der Waals surface area (Å²) in [5, 5.41) is 12.0. The lowest BCUT2D eigenvalue weighted by molar-refractivity contribution is -0.137. The standard InChI is InChI=1S/C14H27NO2/c1-12-6-8-13(9-7-12)11-15-10-4-2-3-5-14(16)17/h12-13,15H,2-11H2,1H3,(H,16,17). The van der Waals surface area contributed by atoms with Gasteiger partial charge in [0.2, 0.25) is 0 Å². The van der Waals surface area contributed by atoms with Gasteiger partial charge in [-0.25, -0.2) is 0 Å². The summed E-state index contributed by atoms with van der Waals surface area (Å²) in [6.07, 6.45) is 8.83. The highest BCUT2D eigenvalue weighted by atomic mass is 16.4. The Labute approximate surface area is 105 Å². The minimum absolute atomic E-state index is 0.320. The van der Waals surface area contributed by atoms with Crippen LogP contribution in [0.15, 0.2) is 0 Å². The van der Waals surface area contributed by atoms with Gasteiger partial charge in [-0.05, 0) is 50.6 Å². The minimum atomic E-state index is -0.672. The third-order valence-electron chi connectivity index (χ3n) is 3.81. The second-order valence-corrected chi connectivity index (χ2v) is 5.53. The third kappa shape index (κ3) is 7.37. The van der Waals surface area contributed by atoms with Gasteiger partial charge in [-0.2, -0.15) is 0 Å². The first-order valence-electron chi connectivity index (χ1n) is 7.11. The van der Waals surface area contributed by atoms with E-state index in [4.69, 9.17) is 5.11 Å². The number of nitrogens with one attached hydrogen (secondary N) is 1. The van der Waals surface area contributed by atoms with Gasteiger partial charge in [-0.3, -0.25) is 4.79 Å². The van der Waals surface area contributed by atoms with Crippen LogP contribution in [0.3, 0.4) is 0 Å². The van der Waals surface area contributed by atoms with Gasteiger partial charge < -0.3 is 10.4 Å². The van der Waals surface area contributed by atoms with Crippen molar-refractivity contribution in [1.82, 2.24) is 5.32 Å². The smallest absolute Gasteiger partial charge is 0.303 e. The summed E-state index contributed by atoms with van der Waals surface area (Å²) < 4.78 is 0. The van der Waals surface area contributed by atoms with Crippen LogP contribution in [0.2, 0.25) is 0 Å². The second-order valence-electron chi connectivity index (χ2n) is 5.53. The molecule has 1 rings (SSSR count). The molecule has 0 aromatic rings. The Bertz CT molecular complexity index is 210. The zero-order valence-electron chi connectivity index (χ0n) is 11.1. The van der Waals surface area contributed by atoms with Gasteiger partial charge in [-0.15, -0.1) is 0 Å². The van der Waals surface area contributed by atoms with Crippen LogP contribution in [-0.4, -0.2) is 24.2 Å². The molecule has 0 saturated heterocycles. The zero-order chi connectivity index (χ0) is 12.5. The molecular weight excluding hydrogens is 214 g/mol. The van der Waals surface area contributed by atoms with Crippen molar-refractivity contribution >= 4 is 5.97 Å². The lowest BCUT2D eigenvalue weighted by Gasteiger charge is -2.26. The van der Waals surface area contributed by atoms with E-state index in [-0.39, 0.29) is 0 Å². The number of aliphatic carboxylic acids is 1. The Hall–Kier alpha value is -0.570. The monoisotopic (exact) mass is 241 g/mol. The topological polar surface area (TPSA) is 49.3 Å². The fourth-order valence-corrected chi connectivity index (χ4v) is 2.54. The molecule has 3 heteroatoms. The maximum Gasteiger partial charge on any atom is 0.303 e. The number of rotatable bonds is 8. The van der Waals surface area contributed by atoms with Crippen LogP contribution in [0.4, 0.5) is 0 Å². The van der Waals surface area contributed by atoms with Gasteiger partial charge in [0.1, 0.15) is 0 Å². The lowest BCUT2D eigenvalue weighted by atomic mass is 9.83. The highest BCUT2D eigenvalue weighted by Crippen LogP contribution is 2.27. The molecular formula is C14H27NO2. The molecule has 0 radical (unpaired) electrons. The van der Waals surface area contributed by atoms with Crippen LogP contribution >= 0.6 is 0 Å². The normalized spacial score (nSPS) is 24.8. The van der Waals surface area contributed by atoms with Gasteiger partial charge in [-0.1, -0.05) is 26.2 Å². The van der Waals surface area contributed by atoms with Gasteiger partial charge >= 0.3 is 5.97 Å². The quantitative estimate of drug-likeness (QED) is 0.642. The molecule has 1 aliphatic rings. The molecule has 100 valence electrons. The molecule has 0 atom stereocenters. The van der Waals surface area contributed by atoms with Crippen LogP contribution in [0.25, 0.3) is 0 Å². The van der Waals surface area contributed by atoms with Gasteiger partial charge in [0, 0.05) is 6.42 Å². The average Bonchev–Trinajstić information content (AvgIpc) is 2.30. The molecule has 0 heterocycles. The summed E-state index contributed by atoms with van der Waals surface area (Å²) in [7, 11) is 0. The molecule has 0 amide bonds. The van der Waals surface area contributed by atoms with Crippen LogP contribution in [0, 0.1) is 11.8 Å². The van der Waals surface area contributed by atoms with Crippen LogP contribution in [0.5, 0.6) is 0 Å².